The quantitative estimate of drug-likeness (QED) is 0.541. The number of carbonyl (C=O) groups is 2. The summed E-state index contributed by atoms with van der Waals surface area (Å²) in [4.78, 5) is 25.1. The molecule has 0 radical (unpaired) electrons. The van der Waals surface area contributed by atoms with Crippen LogP contribution in [0.15, 0.2) is 78.9 Å². The average Bonchev–Trinajstić information content (AvgIpc) is 2.72. The van der Waals surface area contributed by atoms with Crippen LogP contribution in [0.4, 0.5) is 0 Å². The summed E-state index contributed by atoms with van der Waals surface area (Å²) in [5.41, 5.74) is 2.00. The highest BCUT2D eigenvalue weighted by Gasteiger charge is 2.21. The molecule has 2 aromatic rings. The zero-order valence-corrected chi connectivity index (χ0v) is 15.7. The number of esters is 1. The van der Waals surface area contributed by atoms with Crippen molar-refractivity contribution in [1.82, 2.24) is 0 Å². The molecule has 1 aliphatic rings. The maximum absolute atomic E-state index is 12.6. The molecular weight excluding hydrogens is 336 g/mol. The Morgan fingerprint density at radius 2 is 1.67 bits per heavy atom. The molecule has 0 amide bonds. The van der Waals surface area contributed by atoms with Crippen LogP contribution in [0.3, 0.4) is 0 Å². The number of ether oxygens (including phenoxy) is 1. The van der Waals surface area contributed by atoms with Crippen molar-refractivity contribution in [2.24, 2.45) is 11.8 Å². The summed E-state index contributed by atoms with van der Waals surface area (Å²) in [5, 5.41) is 0. The van der Waals surface area contributed by atoms with Crippen molar-refractivity contribution >= 4 is 11.8 Å². The van der Waals surface area contributed by atoms with Gasteiger partial charge in [-0.05, 0) is 24.5 Å². The fourth-order valence-corrected chi connectivity index (χ4v) is 3.12. The molecule has 0 N–H and O–H groups in total. The predicted octanol–water partition coefficient (Wildman–Crippen LogP) is 4.94. The summed E-state index contributed by atoms with van der Waals surface area (Å²) in [6.07, 6.45) is 8.18. The average molecular weight is 360 g/mol. The van der Waals surface area contributed by atoms with E-state index in [9.17, 15) is 9.59 Å². The van der Waals surface area contributed by atoms with Crippen LogP contribution in [0.5, 0.6) is 0 Å². The zero-order valence-electron chi connectivity index (χ0n) is 15.7. The molecule has 3 heteroatoms. The molecule has 138 valence electrons. The molecule has 0 heterocycles. The van der Waals surface area contributed by atoms with Gasteiger partial charge in [-0.1, -0.05) is 79.8 Å². The first-order valence-corrected chi connectivity index (χ1v) is 9.27. The highest BCUT2D eigenvalue weighted by molar-refractivity contribution is 6.09. The lowest BCUT2D eigenvalue weighted by Crippen LogP contribution is -2.21. The van der Waals surface area contributed by atoms with Crippen LogP contribution in [0.1, 0.15) is 41.3 Å². The van der Waals surface area contributed by atoms with Gasteiger partial charge in [0.05, 0.1) is 12.5 Å². The van der Waals surface area contributed by atoms with Crippen molar-refractivity contribution in [3.63, 3.8) is 0 Å². The molecule has 0 aliphatic heterocycles. The van der Waals surface area contributed by atoms with Gasteiger partial charge in [-0.2, -0.15) is 0 Å². The second-order valence-electron chi connectivity index (χ2n) is 6.97. The van der Waals surface area contributed by atoms with E-state index in [1.807, 2.05) is 49.4 Å². The molecule has 0 aromatic heterocycles. The molecule has 0 spiro atoms. The molecule has 3 unspecified atom stereocenters. The van der Waals surface area contributed by atoms with Crippen molar-refractivity contribution in [2.75, 3.05) is 6.61 Å². The minimum atomic E-state index is -0.424. The first-order valence-electron chi connectivity index (χ1n) is 9.27. The Bertz CT molecular complexity index is 864. The number of allylic oxidation sites excluding steroid dienone is 3. The first-order chi connectivity index (χ1) is 13.1. The van der Waals surface area contributed by atoms with Gasteiger partial charge in [0, 0.05) is 17.0 Å². The number of rotatable bonds is 6. The van der Waals surface area contributed by atoms with E-state index >= 15 is 0 Å². The van der Waals surface area contributed by atoms with E-state index < -0.39 is 5.92 Å². The molecule has 3 nitrogen and oxygen atoms in total. The van der Waals surface area contributed by atoms with Crippen LogP contribution in [0, 0.1) is 11.8 Å². The minimum absolute atomic E-state index is 0.0500. The van der Waals surface area contributed by atoms with Crippen LogP contribution < -0.4 is 0 Å². The third kappa shape index (κ3) is 4.62. The maximum Gasteiger partial charge on any atom is 0.313 e. The van der Waals surface area contributed by atoms with Gasteiger partial charge < -0.3 is 4.74 Å². The monoisotopic (exact) mass is 360 g/mol. The van der Waals surface area contributed by atoms with E-state index in [1.165, 1.54) is 0 Å². The Kier molecular flexibility index (Phi) is 6.02. The van der Waals surface area contributed by atoms with Crippen LogP contribution >= 0.6 is 0 Å². The summed E-state index contributed by atoms with van der Waals surface area (Å²) in [6, 6.07) is 16.4. The summed E-state index contributed by atoms with van der Waals surface area (Å²) in [6.45, 7) is 4.29. The predicted molar refractivity (Wildman–Crippen MR) is 107 cm³/mol. The summed E-state index contributed by atoms with van der Waals surface area (Å²) >= 11 is 0. The van der Waals surface area contributed by atoms with Crippen molar-refractivity contribution in [1.29, 1.82) is 0 Å². The zero-order chi connectivity index (χ0) is 19.2. The van der Waals surface area contributed by atoms with E-state index in [4.69, 9.17) is 4.74 Å². The molecule has 3 atom stereocenters. The molecule has 3 rings (SSSR count). The van der Waals surface area contributed by atoms with E-state index in [-0.39, 0.29) is 17.7 Å². The molecule has 0 bridgehead atoms. The molecule has 27 heavy (non-hydrogen) atoms. The van der Waals surface area contributed by atoms with E-state index in [1.54, 1.807) is 24.3 Å². The summed E-state index contributed by atoms with van der Waals surface area (Å²) in [7, 11) is 0. The smallest absolute Gasteiger partial charge is 0.313 e. The molecule has 0 fully saturated rings. The summed E-state index contributed by atoms with van der Waals surface area (Å²) in [5.74, 6) is -0.186. The fourth-order valence-electron chi connectivity index (χ4n) is 3.12. The topological polar surface area (TPSA) is 43.4 Å². The maximum atomic E-state index is 12.6. The van der Waals surface area contributed by atoms with E-state index in [2.05, 4.69) is 19.1 Å². The Labute approximate surface area is 160 Å². The lowest BCUT2D eigenvalue weighted by Gasteiger charge is -2.21. The second-order valence-corrected chi connectivity index (χ2v) is 6.97. The van der Waals surface area contributed by atoms with Crippen LogP contribution in [-0.4, -0.2) is 18.4 Å². The molecule has 1 aliphatic carbocycles. The van der Waals surface area contributed by atoms with Gasteiger partial charge in [-0.15, -0.1) is 0 Å². The first kappa shape index (κ1) is 18.8. The fraction of sp³-hybridized carbons (Fsp3) is 0.250. The normalized spacial score (nSPS) is 19.5. The van der Waals surface area contributed by atoms with Gasteiger partial charge in [0.25, 0.3) is 0 Å². The third-order valence-corrected chi connectivity index (χ3v) is 5.02. The Morgan fingerprint density at radius 1 is 0.963 bits per heavy atom. The van der Waals surface area contributed by atoms with E-state index in [0.717, 1.165) is 5.56 Å². The highest BCUT2D eigenvalue weighted by atomic mass is 16.5. The van der Waals surface area contributed by atoms with Crippen LogP contribution in [-0.2, 0) is 9.53 Å². The second kappa shape index (κ2) is 8.63. The lowest BCUT2D eigenvalue weighted by atomic mass is 9.91. The van der Waals surface area contributed by atoms with Gasteiger partial charge in [0.1, 0.15) is 0 Å². The van der Waals surface area contributed by atoms with Crippen molar-refractivity contribution in [3.8, 4) is 0 Å². The minimum Gasteiger partial charge on any atom is -0.465 e. The van der Waals surface area contributed by atoms with Crippen molar-refractivity contribution in [2.45, 2.75) is 19.8 Å². The summed E-state index contributed by atoms with van der Waals surface area (Å²) < 4.78 is 5.54. The standard InChI is InChI=1S/C24H24O3/c1-17-9-6-7-12-22(17)16-27-24(26)18(2)20-13-8-14-21(15-20)23(25)19-10-4-3-5-11-19/h3-15,17-18,22H,16H2,1-2H3. The largest absolute Gasteiger partial charge is 0.465 e. The SMILES string of the molecule is CC(C(=O)OCC1C=CC=CC1C)c1cccc(C(=O)c2ccccc2)c1. The number of hydrogen-bond donors (Lipinski definition) is 0. The molecule has 2 aromatic carbocycles. The molecular formula is C24H24O3. The Morgan fingerprint density at radius 3 is 2.41 bits per heavy atom. The number of benzene rings is 2. The van der Waals surface area contributed by atoms with Gasteiger partial charge >= 0.3 is 5.97 Å². The van der Waals surface area contributed by atoms with Crippen molar-refractivity contribution in [3.05, 3.63) is 95.6 Å². The number of hydrogen-bond acceptors (Lipinski definition) is 3. The third-order valence-electron chi connectivity index (χ3n) is 5.02. The molecule has 0 saturated heterocycles. The van der Waals surface area contributed by atoms with Crippen LogP contribution in [0.2, 0.25) is 0 Å². The Hall–Kier alpha value is -2.94. The van der Waals surface area contributed by atoms with Gasteiger partial charge in [0.2, 0.25) is 0 Å². The van der Waals surface area contributed by atoms with Gasteiger partial charge in [-0.3, -0.25) is 9.59 Å². The molecule has 0 saturated carbocycles. The van der Waals surface area contributed by atoms with E-state index in [0.29, 0.717) is 23.7 Å². The van der Waals surface area contributed by atoms with Crippen LogP contribution in [0.25, 0.3) is 0 Å². The number of ketones is 1. The Balaban J connectivity index is 1.67. The van der Waals surface area contributed by atoms with Gasteiger partial charge in [-0.25, -0.2) is 0 Å². The highest BCUT2D eigenvalue weighted by Crippen LogP contribution is 2.23. The van der Waals surface area contributed by atoms with Gasteiger partial charge in [0.15, 0.2) is 5.78 Å². The van der Waals surface area contributed by atoms with Crippen molar-refractivity contribution < 1.29 is 14.3 Å². The number of carbonyl (C=O) groups excluding carboxylic acids is 2. The lowest BCUT2D eigenvalue weighted by molar-refractivity contribution is -0.146.